The smallest absolute Gasteiger partial charge is 0.275 e. The first-order valence-electron chi connectivity index (χ1n) is 7.77. The second-order valence-corrected chi connectivity index (χ2v) is 7.38. The van der Waals surface area contributed by atoms with Crippen molar-refractivity contribution in [3.8, 4) is 5.69 Å². The van der Waals surface area contributed by atoms with Crippen LogP contribution >= 0.6 is 0 Å². The van der Waals surface area contributed by atoms with Gasteiger partial charge in [-0.05, 0) is 36.3 Å². The normalized spacial score (nSPS) is 28.9. The van der Waals surface area contributed by atoms with Crippen LogP contribution in [0.4, 0.5) is 0 Å². The highest BCUT2D eigenvalue weighted by Gasteiger charge is 2.62. The fourth-order valence-electron chi connectivity index (χ4n) is 4.88. The van der Waals surface area contributed by atoms with Gasteiger partial charge in [-0.1, -0.05) is 39.0 Å². The van der Waals surface area contributed by atoms with Gasteiger partial charge in [-0.3, -0.25) is 9.48 Å². The summed E-state index contributed by atoms with van der Waals surface area (Å²) in [5, 5.41) is 0. The molecule has 4 rings (SSSR count). The Kier molecular flexibility index (Phi) is 2.28. The summed E-state index contributed by atoms with van der Waals surface area (Å²) < 4.78 is 3.95. The molecule has 1 fully saturated rings. The summed E-state index contributed by atoms with van der Waals surface area (Å²) in [6.45, 7) is 7.00. The summed E-state index contributed by atoms with van der Waals surface area (Å²) in [6, 6.07) is 9.97. The Morgan fingerprint density at radius 3 is 2.43 bits per heavy atom. The molecule has 2 aromatic rings. The molecular weight excluding hydrogens is 260 g/mol. The van der Waals surface area contributed by atoms with Gasteiger partial charge < -0.3 is 0 Å². The highest BCUT2D eigenvalue weighted by Crippen LogP contribution is 2.66. The maximum Gasteiger partial charge on any atom is 0.275 e. The van der Waals surface area contributed by atoms with E-state index < -0.39 is 0 Å². The molecule has 0 N–H and O–H groups in total. The minimum absolute atomic E-state index is 0.112. The summed E-state index contributed by atoms with van der Waals surface area (Å²) in [5.74, 6) is 0.404. The highest BCUT2D eigenvalue weighted by atomic mass is 16.1. The van der Waals surface area contributed by atoms with E-state index in [9.17, 15) is 4.79 Å². The minimum atomic E-state index is 0.112. The van der Waals surface area contributed by atoms with Crippen LogP contribution in [-0.4, -0.2) is 9.36 Å². The van der Waals surface area contributed by atoms with Crippen LogP contribution in [0, 0.1) is 5.41 Å². The number of hydrogen-bond acceptors (Lipinski definition) is 1. The van der Waals surface area contributed by atoms with E-state index in [0.29, 0.717) is 5.92 Å². The van der Waals surface area contributed by atoms with Crippen LogP contribution in [0.25, 0.3) is 5.69 Å². The zero-order chi connectivity index (χ0) is 15.0. The first-order chi connectivity index (χ1) is 9.89. The lowest BCUT2D eigenvalue weighted by molar-refractivity contribution is 0.218. The maximum atomic E-state index is 13.0. The largest absolute Gasteiger partial charge is 0.284 e. The van der Waals surface area contributed by atoms with Gasteiger partial charge in [0.25, 0.3) is 5.56 Å². The summed E-state index contributed by atoms with van der Waals surface area (Å²) in [5.41, 5.74) is 3.77. The molecule has 2 aliphatic carbocycles. The number of benzene rings is 1. The van der Waals surface area contributed by atoms with Crippen molar-refractivity contribution in [3.05, 3.63) is 51.9 Å². The summed E-state index contributed by atoms with van der Waals surface area (Å²) >= 11 is 0. The molecule has 1 aromatic heterocycles. The monoisotopic (exact) mass is 282 g/mol. The zero-order valence-electron chi connectivity index (χ0n) is 13.2. The standard InChI is InChI=1S/C18H22N2O/c1-17(2)13-10-11-18(17,3)15-14(13)16(21)20(19(15)4)12-8-6-5-7-9-12/h5-9,13H,10-11H2,1-4H3/t13?,18-/m1/s1. The number of para-hydroxylation sites is 1. The molecule has 3 heteroatoms. The van der Waals surface area contributed by atoms with E-state index in [4.69, 9.17) is 0 Å². The molecule has 0 aliphatic heterocycles. The molecule has 0 spiro atoms. The second kappa shape index (κ2) is 3.70. The first kappa shape index (κ1) is 12.9. The van der Waals surface area contributed by atoms with Crippen LogP contribution < -0.4 is 5.56 Å². The second-order valence-electron chi connectivity index (χ2n) is 7.38. The zero-order valence-corrected chi connectivity index (χ0v) is 13.2. The topological polar surface area (TPSA) is 26.9 Å². The van der Waals surface area contributed by atoms with Crippen molar-refractivity contribution in [2.45, 2.75) is 44.9 Å². The van der Waals surface area contributed by atoms with Crippen LogP contribution in [0.1, 0.15) is 50.8 Å². The summed E-state index contributed by atoms with van der Waals surface area (Å²) in [6.07, 6.45) is 2.33. The van der Waals surface area contributed by atoms with Crippen molar-refractivity contribution in [1.29, 1.82) is 0 Å². The number of aromatic nitrogens is 2. The molecule has 3 nitrogen and oxygen atoms in total. The molecule has 2 aliphatic rings. The summed E-state index contributed by atoms with van der Waals surface area (Å²) in [7, 11) is 2.04. The average molecular weight is 282 g/mol. The van der Waals surface area contributed by atoms with Crippen LogP contribution in [0.5, 0.6) is 0 Å². The van der Waals surface area contributed by atoms with Crippen molar-refractivity contribution in [3.63, 3.8) is 0 Å². The first-order valence-corrected chi connectivity index (χ1v) is 7.77. The Hall–Kier alpha value is -1.77. The molecule has 0 radical (unpaired) electrons. The van der Waals surface area contributed by atoms with Crippen LogP contribution in [0.3, 0.4) is 0 Å². The molecule has 1 aromatic carbocycles. The third-order valence-electron chi connectivity index (χ3n) is 6.40. The van der Waals surface area contributed by atoms with Crippen molar-refractivity contribution in [1.82, 2.24) is 9.36 Å². The molecule has 2 atom stereocenters. The fourth-order valence-corrected chi connectivity index (χ4v) is 4.88. The summed E-state index contributed by atoms with van der Waals surface area (Å²) in [4.78, 5) is 13.0. The SMILES string of the molecule is Cn1c2c(c(=O)n1-c1ccccc1)C1CC[C@@]2(C)C1(C)C. The molecule has 21 heavy (non-hydrogen) atoms. The van der Waals surface area contributed by atoms with Crippen LogP contribution in [0.15, 0.2) is 35.1 Å². The van der Waals surface area contributed by atoms with Gasteiger partial charge in [-0.15, -0.1) is 0 Å². The lowest BCUT2D eigenvalue weighted by Gasteiger charge is -2.36. The van der Waals surface area contributed by atoms with Crippen molar-refractivity contribution in [2.75, 3.05) is 0 Å². The van der Waals surface area contributed by atoms with Gasteiger partial charge in [0.05, 0.1) is 11.4 Å². The van der Waals surface area contributed by atoms with Gasteiger partial charge in [0.2, 0.25) is 0 Å². The third kappa shape index (κ3) is 1.28. The van der Waals surface area contributed by atoms with Gasteiger partial charge in [0.1, 0.15) is 0 Å². The Labute approximate surface area is 125 Å². The predicted molar refractivity (Wildman–Crippen MR) is 84.1 cm³/mol. The van der Waals surface area contributed by atoms with Crippen LogP contribution in [-0.2, 0) is 12.5 Å². The van der Waals surface area contributed by atoms with Gasteiger partial charge in [0, 0.05) is 18.0 Å². The third-order valence-corrected chi connectivity index (χ3v) is 6.40. The Balaban J connectivity index is 2.04. The van der Waals surface area contributed by atoms with Gasteiger partial charge in [-0.25, -0.2) is 4.68 Å². The molecule has 1 heterocycles. The molecule has 0 saturated heterocycles. The van der Waals surface area contributed by atoms with E-state index >= 15 is 0 Å². The molecule has 110 valence electrons. The Bertz CT molecular complexity index is 782. The number of fused-ring (bicyclic) bond motifs is 5. The van der Waals surface area contributed by atoms with Crippen LogP contribution in [0.2, 0.25) is 0 Å². The minimum Gasteiger partial charge on any atom is -0.284 e. The number of hydrogen-bond donors (Lipinski definition) is 0. The fraction of sp³-hybridized carbons (Fsp3) is 0.500. The molecule has 1 unspecified atom stereocenters. The molecule has 2 bridgehead atoms. The quantitative estimate of drug-likeness (QED) is 0.788. The van der Waals surface area contributed by atoms with E-state index in [-0.39, 0.29) is 16.4 Å². The van der Waals surface area contributed by atoms with Gasteiger partial charge >= 0.3 is 0 Å². The lowest BCUT2D eigenvalue weighted by atomic mass is 9.70. The highest BCUT2D eigenvalue weighted by molar-refractivity contribution is 5.47. The predicted octanol–water partition coefficient (Wildman–Crippen LogP) is 3.35. The van der Waals surface area contributed by atoms with Crippen molar-refractivity contribution in [2.24, 2.45) is 12.5 Å². The lowest BCUT2D eigenvalue weighted by Crippen LogP contribution is -2.35. The van der Waals surface area contributed by atoms with E-state index in [1.165, 1.54) is 12.1 Å². The van der Waals surface area contributed by atoms with E-state index in [2.05, 4.69) is 25.5 Å². The Morgan fingerprint density at radius 2 is 1.81 bits per heavy atom. The number of nitrogens with zero attached hydrogens (tertiary/aromatic N) is 2. The molecule has 1 saturated carbocycles. The van der Waals surface area contributed by atoms with Crippen molar-refractivity contribution >= 4 is 0 Å². The Morgan fingerprint density at radius 1 is 1.14 bits per heavy atom. The maximum absolute atomic E-state index is 13.0. The van der Waals surface area contributed by atoms with E-state index in [0.717, 1.165) is 17.7 Å². The average Bonchev–Trinajstić information content (AvgIpc) is 2.92. The van der Waals surface area contributed by atoms with Gasteiger partial charge in [0.15, 0.2) is 0 Å². The van der Waals surface area contributed by atoms with E-state index in [1.54, 1.807) is 0 Å². The van der Waals surface area contributed by atoms with Crippen molar-refractivity contribution < 1.29 is 0 Å². The molecule has 0 amide bonds. The molecular formula is C18H22N2O. The van der Waals surface area contributed by atoms with E-state index in [1.807, 2.05) is 42.1 Å². The van der Waals surface area contributed by atoms with Gasteiger partial charge in [-0.2, -0.15) is 0 Å². The number of rotatable bonds is 1.